The third-order valence-corrected chi connectivity index (χ3v) is 4.66. The van der Waals surface area contributed by atoms with E-state index in [9.17, 15) is 4.79 Å². The van der Waals surface area contributed by atoms with Crippen molar-refractivity contribution in [3.05, 3.63) is 48.0 Å². The van der Waals surface area contributed by atoms with E-state index in [1.807, 2.05) is 6.92 Å². The summed E-state index contributed by atoms with van der Waals surface area (Å²) in [5.41, 5.74) is 1.34. The molecule has 2 aromatic carbocycles. The Balaban J connectivity index is 1.90. The molecule has 0 bridgehead atoms. The van der Waals surface area contributed by atoms with Gasteiger partial charge in [-0.05, 0) is 42.0 Å². The second-order valence-electron chi connectivity index (χ2n) is 6.24. The summed E-state index contributed by atoms with van der Waals surface area (Å²) in [5.74, 6) is 0.292. The lowest BCUT2D eigenvalue weighted by atomic mass is 9.80. The maximum Gasteiger partial charge on any atom is 0.306 e. The van der Waals surface area contributed by atoms with Crippen LogP contribution in [0.25, 0.3) is 10.8 Å². The highest BCUT2D eigenvalue weighted by Crippen LogP contribution is 2.38. The molecule has 22 heavy (non-hydrogen) atoms. The van der Waals surface area contributed by atoms with Crippen LogP contribution in [0.5, 0.6) is 0 Å². The first kappa shape index (κ1) is 15.1. The summed E-state index contributed by atoms with van der Waals surface area (Å²) in [6, 6.07) is 15.0. The highest BCUT2D eigenvalue weighted by molar-refractivity contribution is 5.86. The van der Waals surface area contributed by atoms with Crippen molar-refractivity contribution in [2.24, 2.45) is 0 Å². The van der Waals surface area contributed by atoms with Gasteiger partial charge in [0.2, 0.25) is 0 Å². The quantitative estimate of drug-likeness (QED) is 0.724. The van der Waals surface area contributed by atoms with Crippen LogP contribution in [0.2, 0.25) is 0 Å². The minimum Gasteiger partial charge on any atom is -0.462 e. The van der Waals surface area contributed by atoms with Crippen LogP contribution in [0, 0.1) is 0 Å². The molecule has 2 atom stereocenters. The fourth-order valence-corrected chi connectivity index (χ4v) is 3.60. The van der Waals surface area contributed by atoms with Gasteiger partial charge >= 0.3 is 5.97 Å². The molecule has 1 saturated carbocycles. The van der Waals surface area contributed by atoms with E-state index in [0.29, 0.717) is 12.3 Å². The molecule has 0 spiro atoms. The van der Waals surface area contributed by atoms with E-state index < -0.39 is 0 Å². The van der Waals surface area contributed by atoms with Gasteiger partial charge in [0.25, 0.3) is 0 Å². The Morgan fingerprint density at radius 3 is 2.73 bits per heavy atom. The molecule has 0 heterocycles. The minimum absolute atomic E-state index is 0.0404. The number of ether oxygens (including phenoxy) is 1. The molecule has 1 aliphatic carbocycles. The number of esters is 1. The van der Waals surface area contributed by atoms with Gasteiger partial charge in [-0.1, -0.05) is 55.8 Å². The molecule has 0 aliphatic heterocycles. The summed E-state index contributed by atoms with van der Waals surface area (Å²) in [6.07, 6.45) is 5.89. The van der Waals surface area contributed by atoms with Gasteiger partial charge in [0.15, 0.2) is 0 Å². The van der Waals surface area contributed by atoms with Crippen molar-refractivity contribution in [2.45, 2.75) is 57.5 Å². The Labute approximate surface area is 132 Å². The lowest BCUT2D eigenvalue weighted by Gasteiger charge is -2.32. The van der Waals surface area contributed by atoms with Gasteiger partial charge in [0, 0.05) is 12.3 Å². The van der Waals surface area contributed by atoms with E-state index in [1.165, 1.54) is 22.8 Å². The maximum absolute atomic E-state index is 11.9. The van der Waals surface area contributed by atoms with Crippen molar-refractivity contribution in [1.82, 2.24) is 0 Å². The topological polar surface area (TPSA) is 26.3 Å². The van der Waals surface area contributed by atoms with Gasteiger partial charge < -0.3 is 4.74 Å². The molecule has 0 aromatic heterocycles. The maximum atomic E-state index is 11.9. The molecule has 0 amide bonds. The van der Waals surface area contributed by atoms with Crippen LogP contribution in [0.1, 0.15) is 56.9 Å². The summed E-state index contributed by atoms with van der Waals surface area (Å²) >= 11 is 0. The SMILES string of the molecule is CCCC(=O)O[C@@H]1CCCC[C@@H]1c1cccc2ccccc12. The van der Waals surface area contributed by atoms with Crippen molar-refractivity contribution in [1.29, 1.82) is 0 Å². The van der Waals surface area contributed by atoms with Crippen molar-refractivity contribution >= 4 is 16.7 Å². The smallest absolute Gasteiger partial charge is 0.306 e. The molecule has 1 fully saturated rings. The Morgan fingerprint density at radius 2 is 1.86 bits per heavy atom. The van der Waals surface area contributed by atoms with Crippen LogP contribution in [0.15, 0.2) is 42.5 Å². The second kappa shape index (κ2) is 6.95. The predicted octanol–water partition coefficient (Wildman–Crippen LogP) is 5.21. The van der Waals surface area contributed by atoms with E-state index in [1.54, 1.807) is 0 Å². The highest BCUT2D eigenvalue weighted by Gasteiger charge is 2.30. The van der Waals surface area contributed by atoms with Gasteiger partial charge in [-0.3, -0.25) is 4.79 Å². The van der Waals surface area contributed by atoms with Crippen LogP contribution in [-0.2, 0) is 9.53 Å². The standard InChI is InChI=1S/C20H24O2/c1-2-8-20(21)22-19-14-6-5-12-18(19)17-13-7-10-15-9-3-4-11-16(15)17/h3-4,7,9-11,13,18-19H,2,5-6,8,12,14H2,1H3/t18-,19-/m1/s1. The van der Waals surface area contributed by atoms with Crippen LogP contribution in [-0.4, -0.2) is 12.1 Å². The number of fused-ring (bicyclic) bond motifs is 1. The first-order valence-corrected chi connectivity index (χ1v) is 8.46. The average molecular weight is 296 g/mol. The van der Waals surface area contributed by atoms with Crippen LogP contribution in [0.3, 0.4) is 0 Å². The van der Waals surface area contributed by atoms with Crippen LogP contribution < -0.4 is 0 Å². The first-order chi connectivity index (χ1) is 10.8. The predicted molar refractivity (Wildman–Crippen MR) is 89.9 cm³/mol. The second-order valence-corrected chi connectivity index (χ2v) is 6.24. The lowest BCUT2D eigenvalue weighted by molar-refractivity contribution is -0.151. The summed E-state index contributed by atoms with van der Waals surface area (Å²) in [5, 5.41) is 2.57. The Morgan fingerprint density at radius 1 is 1.09 bits per heavy atom. The zero-order valence-corrected chi connectivity index (χ0v) is 13.3. The normalized spacial score (nSPS) is 21.7. The minimum atomic E-state index is -0.0420. The summed E-state index contributed by atoms with van der Waals surface area (Å²) < 4.78 is 5.81. The molecule has 0 unspecified atom stereocenters. The summed E-state index contributed by atoms with van der Waals surface area (Å²) in [6.45, 7) is 2.02. The molecule has 0 N–H and O–H groups in total. The third kappa shape index (κ3) is 3.16. The van der Waals surface area contributed by atoms with Gasteiger partial charge in [-0.25, -0.2) is 0 Å². The fraction of sp³-hybridized carbons (Fsp3) is 0.450. The molecule has 2 aromatic rings. The van der Waals surface area contributed by atoms with Crippen molar-refractivity contribution in [3.8, 4) is 0 Å². The number of carbonyl (C=O) groups excluding carboxylic acids is 1. The van der Waals surface area contributed by atoms with Crippen molar-refractivity contribution in [2.75, 3.05) is 0 Å². The van der Waals surface area contributed by atoms with Gasteiger partial charge in [-0.15, -0.1) is 0 Å². The van der Waals surface area contributed by atoms with Gasteiger partial charge in [0.05, 0.1) is 0 Å². The molecule has 116 valence electrons. The molecule has 1 aliphatic rings. The van der Waals surface area contributed by atoms with Crippen LogP contribution in [0.4, 0.5) is 0 Å². The van der Waals surface area contributed by atoms with E-state index in [2.05, 4.69) is 42.5 Å². The molecule has 2 heteroatoms. The average Bonchev–Trinajstić information content (AvgIpc) is 2.55. The zero-order valence-electron chi connectivity index (χ0n) is 13.3. The van der Waals surface area contributed by atoms with Crippen LogP contribution >= 0.6 is 0 Å². The molecule has 3 rings (SSSR count). The summed E-state index contributed by atoms with van der Waals surface area (Å²) in [4.78, 5) is 11.9. The van der Waals surface area contributed by atoms with E-state index in [0.717, 1.165) is 25.7 Å². The third-order valence-electron chi connectivity index (χ3n) is 4.66. The Kier molecular flexibility index (Phi) is 4.77. The number of rotatable bonds is 4. The number of benzene rings is 2. The largest absolute Gasteiger partial charge is 0.462 e. The van der Waals surface area contributed by atoms with E-state index in [-0.39, 0.29) is 12.1 Å². The van der Waals surface area contributed by atoms with Gasteiger partial charge in [-0.2, -0.15) is 0 Å². The zero-order chi connectivity index (χ0) is 15.4. The molecule has 0 radical (unpaired) electrons. The highest BCUT2D eigenvalue weighted by atomic mass is 16.5. The molecule has 2 nitrogen and oxygen atoms in total. The fourth-order valence-electron chi connectivity index (χ4n) is 3.60. The lowest BCUT2D eigenvalue weighted by Crippen LogP contribution is -2.28. The van der Waals surface area contributed by atoms with Crippen molar-refractivity contribution < 1.29 is 9.53 Å². The van der Waals surface area contributed by atoms with Crippen molar-refractivity contribution in [3.63, 3.8) is 0 Å². The molecular weight excluding hydrogens is 272 g/mol. The van der Waals surface area contributed by atoms with E-state index in [4.69, 9.17) is 4.74 Å². The number of hydrogen-bond donors (Lipinski definition) is 0. The first-order valence-electron chi connectivity index (χ1n) is 8.46. The monoisotopic (exact) mass is 296 g/mol. The van der Waals surface area contributed by atoms with E-state index >= 15 is 0 Å². The number of hydrogen-bond acceptors (Lipinski definition) is 2. The summed E-state index contributed by atoms with van der Waals surface area (Å²) in [7, 11) is 0. The van der Waals surface area contributed by atoms with Gasteiger partial charge in [0.1, 0.15) is 6.10 Å². The Bertz CT molecular complexity index is 642. The Hall–Kier alpha value is -1.83. The number of carbonyl (C=O) groups is 1. The molecular formula is C20H24O2. The molecule has 0 saturated heterocycles.